The zero-order valence-corrected chi connectivity index (χ0v) is 12.5. The molecule has 2 heterocycles. The summed E-state index contributed by atoms with van der Waals surface area (Å²) < 4.78 is 27.2. The number of aromatic amines is 1. The van der Waals surface area contributed by atoms with E-state index in [0.29, 0.717) is 19.4 Å². The molecule has 1 aliphatic heterocycles. The molecule has 1 atom stereocenters. The normalized spacial score (nSPS) is 19.3. The number of carbonyl (C=O) groups excluding carboxylic acids is 1. The van der Waals surface area contributed by atoms with Crippen molar-refractivity contribution >= 4 is 21.9 Å². The summed E-state index contributed by atoms with van der Waals surface area (Å²) in [7, 11) is -3.97. The predicted molar refractivity (Wildman–Crippen MR) is 73.6 cm³/mol. The van der Waals surface area contributed by atoms with E-state index < -0.39 is 22.0 Å². The van der Waals surface area contributed by atoms with Crippen LogP contribution in [0.3, 0.4) is 0 Å². The summed E-state index contributed by atoms with van der Waals surface area (Å²) in [5.41, 5.74) is 0.193. The first-order valence-electron chi connectivity index (χ1n) is 6.46. The third-order valence-corrected chi connectivity index (χ3v) is 5.18. The number of carbonyl (C=O) groups is 2. The second kappa shape index (κ2) is 5.49. The molecule has 9 heteroatoms. The number of rotatable bonds is 4. The van der Waals surface area contributed by atoms with Gasteiger partial charge in [0, 0.05) is 17.8 Å². The topological polar surface area (TPSA) is 128 Å². The Kier molecular flexibility index (Phi) is 4.06. The average Bonchev–Trinajstić information content (AvgIpc) is 2.68. The number of aromatic carboxylic acids is 1. The number of hydrogen-bond donors (Lipinski definition) is 4. The van der Waals surface area contributed by atoms with Crippen LogP contribution in [-0.4, -0.2) is 43.0 Å². The summed E-state index contributed by atoms with van der Waals surface area (Å²) >= 11 is 0. The van der Waals surface area contributed by atoms with E-state index in [4.69, 9.17) is 5.11 Å². The van der Waals surface area contributed by atoms with Crippen LogP contribution in [0.4, 0.5) is 0 Å². The first kappa shape index (κ1) is 15.5. The Balaban J connectivity index is 2.36. The first-order chi connectivity index (χ1) is 9.74. The van der Waals surface area contributed by atoms with Gasteiger partial charge < -0.3 is 15.4 Å². The van der Waals surface area contributed by atoms with E-state index in [1.807, 2.05) is 0 Å². The number of carboxylic acid groups (broad SMARTS) is 1. The molecule has 0 aromatic carbocycles. The fourth-order valence-electron chi connectivity index (χ4n) is 2.48. The molecule has 1 aromatic heterocycles. The molecule has 1 unspecified atom stereocenters. The van der Waals surface area contributed by atoms with E-state index in [9.17, 15) is 18.0 Å². The van der Waals surface area contributed by atoms with E-state index >= 15 is 0 Å². The summed E-state index contributed by atoms with van der Waals surface area (Å²) in [5, 5.41) is 11.6. The highest BCUT2D eigenvalue weighted by Gasteiger charge is 2.31. The molecule has 0 spiro atoms. The fourth-order valence-corrected chi connectivity index (χ4v) is 4.16. The van der Waals surface area contributed by atoms with Gasteiger partial charge in [0.2, 0.25) is 15.9 Å². The van der Waals surface area contributed by atoms with Crippen molar-refractivity contribution in [3.63, 3.8) is 0 Å². The molecule has 1 fully saturated rings. The summed E-state index contributed by atoms with van der Waals surface area (Å²) in [6.45, 7) is 3.43. The van der Waals surface area contributed by atoms with Crippen molar-refractivity contribution in [2.24, 2.45) is 0 Å². The van der Waals surface area contributed by atoms with Crippen LogP contribution in [0.15, 0.2) is 4.90 Å². The van der Waals surface area contributed by atoms with Crippen LogP contribution < -0.4 is 10.0 Å². The zero-order valence-electron chi connectivity index (χ0n) is 11.7. The molecule has 0 bridgehead atoms. The van der Waals surface area contributed by atoms with Gasteiger partial charge >= 0.3 is 5.97 Å². The number of aromatic nitrogens is 1. The lowest BCUT2D eigenvalue weighted by Crippen LogP contribution is -2.50. The molecule has 1 aromatic rings. The molecule has 0 saturated carbocycles. The summed E-state index contributed by atoms with van der Waals surface area (Å²) in [6, 6.07) is -0.828. The van der Waals surface area contributed by atoms with Crippen LogP contribution in [0.25, 0.3) is 0 Å². The number of sulfonamides is 1. The molecule has 21 heavy (non-hydrogen) atoms. The van der Waals surface area contributed by atoms with E-state index in [1.165, 1.54) is 13.8 Å². The number of nitrogens with one attached hydrogen (secondary N) is 3. The minimum absolute atomic E-state index is 0.113. The fraction of sp³-hybridized carbons (Fsp3) is 0.500. The van der Waals surface area contributed by atoms with Gasteiger partial charge in [-0.15, -0.1) is 0 Å². The highest BCUT2D eigenvalue weighted by atomic mass is 32.2. The van der Waals surface area contributed by atoms with Gasteiger partial charge in [-0.05, 0) is 26.7 Å². The van der Waals surface area contributed by atoms with Gasteiger partial charge in [0.1, 0.15) is 16.6 Å². The number of amides is 1. The monoisotopic (exact) mass is 315 g/mol. The Morgan fingerprint density at radius 2 is 2.05 bits per heavy atom. The van der Waals surface area contributed by atoms with Crippen LogP contribution in [-0.2, 0) is 14.8 Å². The van der Waals surface area contributed by atoms with Crippen LogP contribution in [0.5, 0.6) is 0 Å². The SMILES string of the molecule is Cc1[nH]c(C(=O)O)c(C)c1S(=O)(=O)NC1CCCNC1=O. The lowest BCUT2D eigenvalue weighted by atomic mass is 10.1. The Morgan fingerprint density at radius 3 is 2.57 bits per heavy atom. The molecule has 8 nitrogen and oxygen atoms in total. The van der Waals surface area contributed by atoms with Gasteiger partial charge in [0.25, 0.3) is 0 Å². The molecule has 1 saturated heterocycles. The molecule has 4 N–H and O–H groups in total. The maximum atomic E-state index is 12.4. The molecule has 0 radical (unpaired) electrons. The predicted octanol–water partition coefficient (Wildman–Crippen LogP) is -0.113. The van der Waals surface area contributed by atoms with Crippen molar-refractivity contribution < 1.29 is 23.1 Å². The van der Waals surface area contributed by atoms with Crippen molar-refractivity contribution in [1.82, 2.24) is 15.0 Å². The van der Waals surface area contributed by atoms with Gasteiger partial charge in [-0.3, -0.25) is 4.79 Å². The Hall–Kier alpha value is -1.87. The van der Waals surface area contributed by atoms with E-state index in [1.54, 1.807) is 0 Å². The maximum Gasteiger partial charge on any atom is 0.352 e. The van der Waals surface area contributed by atoms with Crippen molar-refractivity contribution in [3.8, 4) is 0 Å². The third kappa shape index (κ3) is 2.93. The third-order valence-electron chi connectivity index (χ3n) is 3.43. The quantitative estimate of drug-likeness (QED) is 0.616. The lowest BCUT2D eigenvalue weighted by molar-refractivity contribution is -0.124. The number of piperidine rings is 1. The van der Waals surface area contributed by atoms with Gasteiger partial charge in [0.05, 0.1) is 0 Å². The van der Waals surface area contributed by atoms with Crippen molar-refractivity contribution in [3.05, 3.63) is 17.0 Å². The first-order valence-corrected chi connectivity index (χ1v) is 7.95. The van der Waals surface area contributed by atoms with Crippen LogP contribution in [0.2, 0.25) is 0 Å². The number of aryl methyl sites for hydroxylation is 1. The number of H-pyrrole nitrogens is 1. The molecule has 1 amide bonds. The molecule has 2 rings (SSSR count). The van der Waals surface area contributed by atoms with E-state index in [-0.39, 0.29) is 27.8 Å². The molecular formula is C12H17N3O5S. The summed E-state index contributed by atoms with van der Waals surface area (Å²) in [6.07, 6.45) is 1.10. The lowest BCUT2D eigenvalue weighted by Gasteiger charge is -2.22. The van der Waals surface area contributed by atoms with Crippen LogP contribution >= 0.6 is 0 Å². The Bertz CT molecular complexity index is 692. The smallest absolute Gasteiger partial charge is 0.352 e. The second-order valence-corrected chi connectivity index (χ2v) is 6.64. The standard InChI is InChI=1S/C12H17N3O5S/c1-6-9(12(17)18)14-7(2)10(6)21(19,20)15-8-4-3-5-13-11(8)16/h8,14-15H,3-5H2,1-2H3,(H,13,16)(H,17,18). The number of carboxylic acids is 1. The largest absolute Gasteiger partial charge is 0.477 e. The van der Waals surface area contributed by atoms with Crippen molar-refractivity contribution in [2.45, 2.75) is 37.6 Å². The molecular weight excluding hydrogens is 298 g/mol. The van der Waals surface area contributed by atoms with Crippen LogP contribution in [0, 0.1) is 13.8 Å². The minimum atomic E-state index is -3.97. The van der Waals surface area contributed by atoms with E-state index in [2.05, 4.69) is 15.0 Å². The van der Waals surface area contributed by atoms with Crippen molar-refractivity contribution in [1.29, 1.82) is 0 Å². The summed E-state index contributed by atoms with van der Waals surface area (Å²) in [5.74, 6) is -1.60. The Labute approximate surface area is 122 Å². The second-order valence-electron chi connectivity index (χ2n) is 4.99. The summed E-state index contributed by atoms with van der Waals surface area (Å²) in [4.78, 5) is 25.1. The van der Waals surface area contributed by atoms with E-state index in [0.717, 1.165) is 0 Å². The number of hydrogen-bond acceptors (Lipinski definition) is 4. The maximum absolute atomic E-state index is 12.4. The molecule has 0 aliphatic carbocycles. The average molecular weight is 315 g/mol. The Morgan fingerprint density at radius 1 is 1.38 bits per heavy atom. The van der Waals surface area contributed by atoms with Crippen molar-refractivity contribution in [2.75, 3.05) is 6.54 Å². The van der Waals surface area contributed by atoms with Crippen LogP contribution in [0.1, 0.15) is 34.6 Å². The van der Waals surface area contributed by atoms with Gasteiger partial charge in [0.15, 0.2) is 0 Å². The van der Waals surface area contributed by atoms with Gasteiger partial charge in [-0.2, -0.15) is 4.72 Å². The zero-order chi connectivity index (χ0) is 15.8. The highest BCUT2D eigenvalue weighted by molar-refractivity contribution is 7.89. The van der Waals surface area contributed by atoms with Gasteiger partial charge in [-0.1, -0.05) is 0 Å². The molecule has 116 valence electrons. The highest BCUT2D eigenvalue weighted by Crippen LogP contribution is 2.23. The van der Waals surface area contributed by atoms with Gasteiger partial charge in [-0.25, -0.2) is 13.2 Å². The minimum Gasteiger partial charge on any atom is -0.477 e. The molecule has 1 aliphatic rings.